The number of benzene rings is 1. The molecule has 1 aromatic rings. The highest BCUT2D eigenvalue weighted by Crippen LogP contribution is 2.22. The largest absolute Gasteiger partial charge is 0.497 e. The van der Waals surface area contributed by atoms with Crippen molar-refractivity contribution < 1.29 is 9.53 Å². The minimum atomic E-state index is 0. The van der Waals surface area contributed by atoms with Gasteiger partial charge < -0.3 is 15.4 Å². The van der Waals surface area contributed by atoms with Crippen molar-refractivity contribution in [1.82, 2.24) is 4.90 Å². The number of ether oxygens (including phenoxy) is 1. The number of nitrogens with zero attached hydrogens (tertiary/aromatic N) is 1. The van der Waals surface area contributed by atoms with Gasteiger partial charge in [-0.3, -0.25) is 4.79 Å². The highest BCUT2D eigenvalue weighted by Gasteiger charge is 2.25. The summed E-state index contributed by atoms with van der Waals surface area (Å²) in [5.74, 6) is 0.828. The van der Waals surface area contributed by atoms with Gasteiger partial charge in [-0.05, 0) is 47.2 Å². The molecule has 2 rings (SSSR count). The molecule has 0 saturated carbocycles. The summed E-state index contributed by atoms with van der Waals surface area (Å²) in [6, 6.07) is 5.61. The quantitative estimate of drug-likeness (QED) is 0.795. The van der Waals surface area contributed by atoms with Gasteiger partial charge in [0.15, 0.2) is 0 Å². The first-order chi connectivity index (χ1) is 8.11. The Morgan fingerprint density at radius 3 is 2.78 bits per heavy atom. The number of carbonyl (C=O) groups is 1. The lowest BCUT2D eigenvalue weighted by molar-refractivity contribution is 0.0790. The maximum atomic E-state index is 12.2. The SMILES string of the molecule is COc1ccc(C(=O)N2CC[C@@H](N)C2)c(I)c1.Cl. The molecule has 1 fully saturated rings. The smallest absolute Gasteiger partial charge is 0.254 e. The molecule has 6 heteroatoms. The lowest BCUT2D eigenvalue weighted by Crippen LogP contribution is -2.32. The summed E-state index contributed by atoms with van der Waals surface area (Å²) in [5, 5.41) is 0. The number of carbonyl (C=O) groups excluding carboxylic acids is 1. The number of nitrogens with two attached hydrogens (primary N) is 1. The Hall–Kier alpha value is -0.530. The molecule has 1 aliphatic heterocycles. The van der Waals surface area contributed by atoms with Crippen LogP contribution in [-0.2, 0) is 0 Å². The van der Waals surface area contributed by atoms with Crippen LogP contribution < -0.4 is 10.5 Å². The van der Waals surface area contributed by atoms with E-state index >= 15 is 0 Å². The Kier molecular flexibility index (Phi) is 5.68. The van der Waals surface area contributed by atoms with Crippen molar-refractivity contribution in [2.24, 2.45) is 5.73 Å². The molecule has 0 spiro atoms. The Bertz CT molecular complexity index is 442. The standard InChI is InChI=1S/C12H15IN2O2.ClH/c1-17-9-2-3-10(11(13)6-9)12(16)15-5-4-8(14)7-15;/h2-3,6,8H,4-5,7,14H2,1H3;1H/t8-;/m1./s1. The van der Waals surface area contributed by atoms with Crippen molar-refractivity contribution in [3.05, 3.63) is 27.3 Å². The van der Waals surface area contributed by atoms with Gasteiger partial charge in [0.2, 0.25) is 0 Å². The molecular weight excluding hydrogens is 367 g/mol. The van der Waals surface area contributed by atoms with E-state index in [1.807, 2.05) is 23.1 Å². The molecule has 0 aliphatic carbocycles. The van der Waals surface area contributed by atoms with E-state index < -0.39 is 0 Å². The average Bonchev–Trinajstić information content (AvgIpc) is 2.75. The molecule has 1 amide bonds. The molecule has 1 aromatic carbocycles. The predicted octanol–water partition coefficient (Wildman–Crippen LogP) is 1.89. The van der Waals surface area contributed by atoms with E-state index in [-0.39, 0.29) is 24.4 Å². The molecule has 0 radical (unpaired) electrons. The highest BCUT2D eigenvalue weighted by molar-refractivity contribution is 14.1. The van der Waals surface area contributed by atoms with Crippen LogP contribution in [-0.4, -0.2) is 37.0 Å². The van der Waals surface area contributed by atoms with Crippen LogP contribution in [0.1, 0.15) is 16.8 Å². The van der Waals surface area contributed by atoms with Crippen LogP contribution in [0, 0.1) is 3.57 Å². The minimum absolute atomic E-state index is 0. The zero-order valence-corrected chi connectivity index (χ0v) is 13.0. The Morgan fingerprint density at radius 1 is 1.56 bits per heavy atom. The zero-order valence-electron chi connectivity index (χ0n) is 10.1. The lowest BCUT2D eigenvalue weighted by Gasteiger charge is -2.17. The van der Waals surface area contributed by atoms with Gasteiger partial charge in [-0.1, -0.05) is 0 Å². The van der Waals surface area contributed by atoms with Crippen LogP contribution in [0.3, 0.4) is 0 Å². The molecule has 2 N–H and O–H groups in total. The van der Waals surface area contributed by atoms with E-state index in [2.05, 4.69) is 22.6 Å². The van der Waals surface area contributed by atoms with Crippen LogP contribution in [0.2, 0.25) is 0 Å². The Morgan fingerprint density at radius 2 is 2.28 bits per heavy atom. The van der Waals surface area contributed by atoms with Gasteiger partial charge in [-0.2, -0.15) is 0 Å². The van der Waals surface area contributed by atoms with Gasteiger partial charge in [-0.25, -0.2) is 0 Å². The lowest BCUT2D eigenvalue weighted by atomic mass is 10.2. The molecule has 1 saturated heterocycles. The third-order valence-electron chi connectivity index (χ3n) is 2.92. The summed E-state index contributed by atoms with van der Waals surface area (Å²) in [6.07, 6.45) is 0.887. The fourth-order valence-electron chi connectivity index (χ4n) is 1.94. The van der Waals surface area contributed by atoms with Crippen LogP contribution in [0.4, 0.5) is 0 Å². The normalized spacial score (nSPS) is 18.4. The summed E-state index contributed by atoms with van der Waals surface area (Å²) >= 11 is 2.16. The Balaban J connectivity index is 0.00000162. The summed E-state index contributed by atoms with van der Waals surface area (Å²) in [6.45, 7) is 1.41. The second-order valence-electron chi connectivity index (χ2n) is 4.15. The molecular formula is C12H16ClIN2O2. The van der Waals surface area contributed by atoms with Crippen molar-refractivity contribution in [3.63, 3.8) is 0 Å². The number of rotatable bonds is 2. The van der Waals surface area contributed by atoms with E-state index in [0.717, 1.165) is 27.8 Å². The first-order valence-corrected chi connectivity index (χ1v) is 6.58. The molecule has 0 aromatic heterocycles. The fraction of sp³-hybridized carbons (Fsp3) is 0.417. The molecule has 18 heavy (non-hydrogen) atoms. The summed E-state index contributed by atoms with van der Waals surface area (Å²) in [5.41, 5.74) is 6.53. The molecule has 1 aliphatic rings. The van der Waals surface area contributed by atoms with Gasteiger partial charge in [-0.15, -0.1) is 12.4 Å². The number of hydrogen-bond acceptors (Lipinski definition) is 3. The Labute approximate surface area is 126 Å². The van der Waals surface area contributed by atoms with Crippen molar-refractivity contribution in [2.75, 3.05) is 20.2 Å². The second kappa shape index (κ2) is 6.58. The van der Waals surface area contributed by atoms with Gasteiger partial charge in [0.05, 0.1) is 12.7 Å². The molecule has 4 nitrogen and oxygen atoms in total. The van der Waals surface area contributed by atoms with Gasteiger partial charge in [0.1, 0.15) is 5.75 Å². The average molecular weight is 383 g/mol. The van der Waals surface area contributed by atoms with Gasteiger partial charge in [0, 0.05) is 22.7 Å². The first-order valence-electron chi connectivity index (χ1n) is 5.50. The maximum Gasteiger partial charge on any atom is 0.254 e. The topological polar surface area (TPSA) is 55.6 Å². The molecule has 1 atom stereocenters. The predicted molar refractivity (Wildman–Crippen MR) is 81.5 cm³/mol. The van der Waals surface area contributed by atoms with Gasteiger partial charge >= 0.3 is 0 Å². The molecule has 100 valence electrons. The molecule has 1 heterocycles. The van der Waals surface area contributed by atoms with Crippen molar-refractivity contribution in [1.29, 1.82) is 0 Å². The number of hydrogen-bond donors (Lipinski definition) is 1. The van der Waals surface area contributed by atoms with E-state index in [1.165, 1.54) is 0 Å². The van der Waals surface area contributed by atoms with Crippen molar-refractivity contribution >= 4 is 40.9 Å². The maximum absolute atomic E-state index is 12.2. The van der Waals surface area contributed by atoms with Crippen LogP contribution in [0.25, 0.3) is 0 Å². The summed E-state index contributed by atoms with van der Waals surface area (Å²) in [7, 11) is 1.62. The van der Waals surface area contributed by atoms with E-state index in [1.54, 1.807) is 7.11 Å². The number of halogens is 2. The van der Waals surface area contributed by atoms with Gasteiger partial charge in [0.25, 0.3) is 5.91 Å². The van der Waals surface area contributed by atoms with E-state index in [9.17, 15) is 4.79 Å². The van der Waals surface area contributed by atoms with Crippen LogP contribution in [0.15, 0.2) is 18.2 Å². The van der Waals surface area contributed by atoms with Crippen LogP contribution in [0.5, 0.6) is 5.75 Å². The van der Waals surface area contributed by atoms with Crippen LogP contribution >= 0.6 is 35.0 Å². The molecule has 0 unspecified atom stereocenters. The third-order valence-corrected chi connectivity index (χ3v) is 3.81. The second-order valence-corrected chi connectivity index (χ2v) is 5.31. The van der Waals surface area contributed by atoms with Crippen molar-refractivity contribution in [2.45, 2.75) is 12.5 Å². The third kappa shape index (κ3) is 3.27. The van der Waals surface area contributed by atoms with Crippen molar-refractivity contribution in [3.8, 4) is 5.75 Å². The van der Waals surface area contributed by atoms with E-state index in [0.29, 0.717) is 6.54 Å². The number of methoxy groups -OCH3 is 1. The first kappa shape index (κ1) is 15.5. The molecule has 0 bridgehead atoms. The fourth-order valence-corrected chi connectivity index (χ4v) is 2.66. The summed E-state index contributed by atoms with van der Waals surface area (Å²) in [4.78, 5) is 14.1. The van der Waals surface area contributed by atoms with E-state index in [4.69, 9.17) is 10.5 Å². The number of likely N-dealkylation sites (tertiary alicyclic amines) is 1. The number of amides is 1. The zero-order chi connectivity index (χ0) is 12.4. The monoisotopic (exact) mass is 382 g/mol. The summed E-state index contributed by atoms with van der Waals surface area (Å²) < 4.78 is 6.03. The highest BCUT2D eigenvalue weighted by atomic mass is 127. The minimum Gasteiger partial charge on any atom is -0.497 e.